The number of nitrogens with one attached hydrogen (secondary N) is 1. The van der Waals surface area contributed by atoms with E-state index >= 15 is 0 Å². The molecule has 0 spiro atoms. The Morgan fingerprint density at radius 3 is 2.35 bits per heavy atom. The van der Waals surface area contributed by atoms with Crippen LogP contribution in [-0.4, -0.2) is 8.42 Å². The number of anilines is 3. The quantitative estimate of drug-likeness (QED) is 0.758. The van der Waals surface area contributed by atoms with Crippen molar-refractivity contribution >= 4 is 38.7 Å². The molecule has 0 heterocycles. The van der Waals surface area contributed by atoms with Gasteiger partial charge in [0.1, 0.15) is 10.7 Å². The number of halogens is 2. The molecule has 20 heavy (non-hydrogen) atoms. The summed E-state index contributed by atoms with van der Waals surface area (Å²) in [7, 11) is -3.96. The lowest BCUT2D eigenvalue weighted by Crippen LogP contribution is -2.14. The molecule has 0 saturated carbocycles. The summed E-state index contributed by atoms with van der Waals surface area (Å²) in [5, 5.41) is 8.03. The second-order valence-electron chi connectivity index (χ2n) is 4.05. The number of primary sulfonamides is 1. The van der Waals surface area contributed by atoms with Gasteiger partial charge in [0.05, 0.1) is 16.4 Å². The Balaban J connectivity index is 2.49. The van der Waals surface area contributed by atoms with Crippen LogP contribution in [0, 0.1) is 5.82 Å². The van der Waals surface area contributed by atoms with Crippen LogP contribution in [-0.2, 0) is 10.0 Å². The minimum atomic E-state index is -3.96. The lowest BCUT2D eigenvalue weighted by atomic mass is 10.2. The highest BCUT2D eigenvalue weighted by Crippen LogP contribution is 2.30. The van der Waals surface area contributed by atoms with Crippen molar-refractivity contribution in [2.24, 2.45) is 5.14 Å². The van der Waals surface area contributed by atoms with Crippen LogP contribution >= 0.6 is 11.6 Å². The molecule has 0 radical (unpaired) electrons. The molecule has 2 rings (SSSR count). The van der Waals surface area contributed by atoms with E-state index in [4.69, 9.17) is 22.5 Å². The number of hydrogen-bond acceptors (Lipinski definition) is 4. The lowest BCUT2D eigenvalue weighted by Gasteiger charge is -2.12. The third-order valence-electron chi connectivity index (χ3n) is 2.51. The van der Waals surface area contributed by atoms with Crippen molar-refractivity contribution in [3.8, 4) is 0 Å². The molecule has 5 nitrogen and oxygen atoms in total. The predicted molar refractivity (Wildman–Crippen MR) is 76.9 cm³/mol. The van der Waals surface area contributed by atoms with Gasteiger partial charge in [0.15, 0.2) is 0 Å². The van der Waals surface area contributed by atoms with Gasteiger partial charge in [-0.05, 0) is 36.4 Å². The first-order chi connectivity index (χ1) is 9.27. The molecule has 0 unspecified atom stereocenters. The number of benzene rings is 2. The van der Waals surface area contributed by atoms with E-state index in [0.717, 1.165) is 6.07 Å². The van der Waals surface area contributed by atoms with Crippen molar-refractivity contribution in [2.45, 2.75) is 4.90 Å². The molecule has 0 amide bonds. The van der Waals surface area contributed by atoms with Gasteiger partial charge in [-0.2, -0.15) is 0 Å². The van der Waals surface area contributed by atoms with Crippen molar-refractivity contribution in [2.75, 3.05) is 11.1 Å². The van der Waals surface area contributed by atoms with E-state index < -0.39 is 15.8 Å². The maximum atomic E-state index is 13.0. The minimum absolute atomic E-state index is 0.113. The molecule has 0 aliphatic rings. The van der Waals surface area contributed by atoms with Crippen molar-refractivity contribution in [1.82, 2.24) is 0 Å². The van der Waals surface area contributed by atoms with Gasteiger partial charge in [-0.1, -0.05) is 11.6 Å². The molecular formula is C12H11ClFN3O2S. The van der Waals surface area contributed by atoms with E-state index in [1.54, 1.807) is 0 Å². The summed E-state index contributed by atoms with van der Waals surface area (Å²) >= 11 is 5.87. The molecule has 0 saturated heterocycles. The van der Waals surface area contributed by atoms with Crippen LogP contribution in [0.4, 0.5) is 21.5 Å². The van der Waals surface area contributed by atoms with Gasteiger partial charge in [-0.3, -0.25) is 0 Å². The number of nitrogen functional groups attached to an aromatic ring is 1. The molecule has 0 bridgehead atoms. The van der Waals surface area contributed by atoms with Crippen LogP contribution < -0.4 is 16.2 Å². The van der Waals surface area contributed by atoms with Crippen LogP contribution in [0.3, 0.4) is 0 Å². The van der Waals surface area contributed by atoms with Crippen LogP contribution in [0.2, 0.25) is 5.02 Å². The maximum absolute atomic E-state index is 13.0. The summed E-state index contributed by atoms with van der Waals surface area (Å²) in [6.45, 7) is 0. The van der Waals surface area contributed by atoms with Gasteiger partial charge in [0.25, 0.3) is 0 Å². The van der Waals surface area contributed by atoms with Crippen molar-refractivity contribution in [3.63, 3.8) is 0 Å². The fourth-order valence-electron chi connectivity index (χ4n) is 1.61. The average molecular weight is 316 g/mol. The van der Waals surface area contributed by atoms with Crippen molar-refractivity contribution in [1.29, 1.82) is 0 Å². The molecule has 8 heteroatoms. The average Bonchev–Trinajstić information content (AvgIpc) is 2.33. The first kappa shape index (κ1) is 14.6. The van der Waals surface area contributed by atoms with Gasteiger partial charge < -0.3 is 11.1 Å². The van der Waals surface area contributed by atoms with Crippen LogP contribution in [0.25, 0.3) is 0 Å². The normalized spacial score (nSPS) is 11.3. The first-order valence-electron chi connectivity index (χ1n) is 5.42. The fraction of sp³-hybridized carbons (Fsp3) is 0. The number of sulfonamides is 1. The van der Waals surface area contributed by atoms with E-state index in [0.29, 0.717) is 5.69 Å². The molecule has 0 aliphatic carbocycles. The first-order valence-corrected chi connectivity index (χ1v) is 7.34. The summed E-state index contributed by atoms with van der Waals surface area (Å²) in [5.41, 5.74) is 6.35. The highest BCUT2D eigenvalue weighted by Gasteiger charge is 2.15. The number of hydrogen-bond donors (Lipinski definition) is 3. The van der Waals surface area contributed by atoms with Gasteiger partial charge in [0, 0.05) is 5.69 Å². The molecule has 2 aromatic rings. The van der Waals surface area contributed by atoms with Gasteiger partial charge >= 0.3 is 0 Å². The zero-order chi connectivity index (χ0) is 14.9. The van der Waals surface area contributed by atoms with Crippen LogP contribution in [0.15, 0.2) is 41.3 Å². The summed E-state index contributed by atoms with van der Waals surface area (Å²) in [6, 6.07) is 7.89. The summed E-state index contributed by atoms with van der Waals surface area (Å²) in [6.07, 6.45) is 0. The third kappa shape index (κ3) is 3.19. The summed E-state index contributed by atoms with van der Waals surface area (Å²) in [5.74, 6) is -0.496. The molecule has 2 aromatic carbocycles. The Morgan fingerprint density at radius 2 is 1.75 bits per heavy atom. The molecule has 106 valence electrons. The van der Waals surface area contributed by atoms with Crippen molar-refractivity contribution in [3.05, 3.63) is 47.2 Å². The summed E-state index contributed by atoms with van der Waals surface area (Å²) < 4.78 is 36.0. The second-order valence-corrected chi connectivity index (χ2v) is 5.99. The SMILES string of the molecule is Nc1ccc(Nc2ccc(F)cc2Cl)c(S(N)(=O)=O)c1. The molecular weight excluding hydrogens is 305 g/mol. The van der Waals surface area contributed by atoms with E-state index in [2.05, 4.69) is 5.32 Å². The molecule has 0 atom stereocenters. The fourth-order valence-corrected chi connectivity index (χ4v) is 2.55. The third-order valence-corrected chi connectivity index (χ3v) is 3.78. The lowest BCUT2D eigenvalue weighted by molar-refractivity contribution is 0.598. The minimum Gasteiger partial charge on any atom is -0.399 e. The number of nitrogens with two attached hydrogens (primary N) is 2. The number of rotatable bonds is 3. The van der Waals surface area contributed by atoms with E-state index in [1.807, 2.05) is 0 Å². The summed E-state index contributed by atoms with van der Waals surface area (Å²) in [4.78, 5) is -0.169. The maximum Gasteiger partial charge on any atom is 0.240 e. The highest BCUT2D eigenvalue weighted by molar-refractivity contribution is 7.89. The van der Waals surface area contributed by atoms with E-state index in [9.17, 15) is 12.8 Å². The Hall–Kier alpha value is -1.83. The molecule has 5 N–H and O–H groups in total. The smallest absolute Gasteiger partial charge is 0.240 e. The van der Waals surface area contributed by atoms with E-state index in [1.165, 1.54) is 30.3 Å². The molecule has 0 aromatic heterocycles. The largest absolute Gasteiger partial charge is 0.399 e. The van der Waals surface area contributed by atoms with E-state index in [-0.39, 0.29) is 21.3 Å². The zero-order valence-electron chi connectivity index (χ0n) is 10.1. The van der Waals surface area contributed by atoms with Gasteiger partial charge in [0.2, 0.25) is 10.0 Å². The van der Waals surface area contributed by atoms with Crippen LogP contribution in [0.5, 0.6) is 0 Å². The van der Waals surface area contributed by atoms with Gasteiger partial charge in [-0.25, -0.2) is 17.9 Å². The topological polar surface area (TPSA) is 98.2 Å². The molecule has 0 fully saturated rings. The second kappa shape index (κ2) is 5.28. The Bertz CT molecular complexity index is 765. The van der Waals surface area contributed by atoms with Crippen LogP contribution in [0.1, 0.15) is 0 Å². The van der Waals surface area contributed by atoms with Crippen molar-refractivity contribution < 1.29 is 12.8 Å². The Morgan fingerprint density at radius 1 is 1.10 bits per heavy atom. The zero-order valence-corrected chi connectivity index (χ0v) is 11.7. The molecule has 0 aliphatic heterocycles. The highest BCUT2D eigenvalue weighted by atomic mass is 35.5. The standard InChI is InChI=1S/C12H11ClFN3O2S/c13-9-5-7(14)1-3-10(9)17-11-4-2-8(15)6-12(11)20(16,18)19/h1-6,17H,15H2,(H2,16,18,19). The monoisotopic (exact) mass is 315 g/mol. The predicted octanol–water partition coefficient (Wildman–Crippen LogP) is 2.45. The van der Waals surface area contributed by atoms with Gasteiger partial charge in [-0.15, -0.1) is 0 Å². The Kier molecular flexibility index (Phi) is 3.85. The Labute approximate surface area is 120 Å².